The molecule has 2 N–H and O–H groups in total. The minimum Gasteiger partial charge on any atom is -0.395 e. The summed E-state index contributed by atoms with van der Waals surface area (Å²) in [4.78, 5) is 14.2. The largest absolute Gasteiger partial charge is 0.395 e. The molecule has 18 heavy (non-hydrogen) atoms. The van der Waals surface area contributed by atoms with E-state index in [4.69, 9.17) is 5.11 Å². The average Bonchev–Trinajstić information content (AvgIpc) is 3.19. The monoisotopic (exact) mass is 248 g/mol. The lowest BCUT2D eigenvalue weighted by molar-refractivity contribution is 0.0707. The fourth-order valence-corrected chi connectivity index (χ4v) is 2.16. The topological polar surface area (TPSA) is 52.6 Å². The van der Waals surface area contributed by atoms with Crippen LogP contribution in [0.15, 0.2) is 18.2 Å². The Bertz CT molecular complexity index is 441. The third-order valence-corrected chi connectivity index (χ3v) is 3.33. The summed E-state index contributed by atoms with van der Waals surface area (Å²) in [5, 5.41) is 12.1. The second kappa shape index (κ2) is 5.40. The molecule has 0 bridgehead atoms. The van der Waals surface area contributed by atoms with E-state index in [0.29, 0.717) is 12.6 Å². The molecule has 1 fully saturated rings. The first-order chi connectivity index (χ1) is 8.67. The van der Waals surface area contributed by atoms with Crippen LogP contribution < -0.4 is 5.32 Å². The number of amides is 1. The maximum atomic E-state index is 12.4. The predicted octanol–water partition coefficient (Wildman–Crippen LogP) is 1.63. The van der Waals surface area contributed by atoms with Crippen LogP contribution in [0.3, 0.4) is 0 Å². The van der Waals surface area contributed by atoms with E-state index in [2.05, 4.69) is 5.32 Å². The lowest BCUT2D eigenvalue weighted by Crippen LogP contribution is -2.35. The molecule has 1 aliphatic rings. The highest BCUT2D eigenvalue weighted by molar-refractivity contribution is 5.96. The van der Waals surface area contributed by atoms with Gasteiger partial charge in [0.15, 0.2) is 0 Å². The summed E-state index contributed by atoms with van der Waals surface area (Å²) in [5.41, 5.74) is 2.70. The Morgan fingerprint density at radius 2 is 2.22 bits per heavy atom. The number of hydrogen-bond donors (Lipinski definition) is 2. The van der Waals surface area contributed by atoms with Crippen LogP contribution >= 0.6 is 0 Å². The van der Waals surface area contributed by atoms with Crippen LogP contribution in [-0.2, 0) is 0 Å². The van der Waals surface area contributed by atoms with Crippen molar-refractivity contribution in [3.63, 3.8) is 0 Å². The van der Waals surface area contributed by atoms with Crippen molar-refractivity contribution in [2.45, 2.75) is 25.8 Å². The van der Waals surface area contributed by atoms with Crippen LogP contribution in [0.4, 0.5) is 5.69 Å². The van der Waals surface area contributed by atoms with E-state index in [9.17, 15) is 4.79 Å². The van der Waals surface area contributed by atoms with Crippen molar-refractivity contribution in [1.29, 1.82) is 0 Å². The second-order valence-corrected chi connectivity index (χ2v) is 4.73. The summed E-state index contributed by atoms with van der Waals surface area (Å²) in [5.74, 6) is 0.0340. The normalized spacial score (nSPS) is 14.4. The van der Waals surface area contributed by atoms with Gasteiger partial charge in [-0.15, -0.1) is 0 Å². The Kier molecular flexibility index (Phi) is 3.87. The number of hydrogen-bond acceptors (Lipinski definition) is 3. The van der Waals surface area contributed by atoms with Crippen LogP contribution in [0, 0.1) is 6.92 Å². The molecule has 0 unspecified atom stereocenters. The van der Waals surface area contributed by atoms with Gasteiger partial charge in [-0.05, 0) is 43.5 Å². The molecule has 0 atom stereocenters. The van der Waals surface area contributed by atoms with Crippen molar-refractivity contribution in [3.05, 3.63) is 29.3 Å². The van der Waals surface area contributed by atoms with Crippen molar-refractivity contribution in [2.24, 2.45) is 0 Å². The zero-order valence-corrected chi connectivity index (χ0v) is 10.9. The van der Waals surface area contributed by atoms with Crippen molar-refractivity contribution in [2.75, 3.05) is 25.5 Å². The highest BCUT2D eigenvalue weighted by atomic mass is 16.3. The number of aliphatic hydroxyl groups is 1. The Morgan fingerprint density at radius 1 is 1.50 bits per heavy atom. The first-order valence-corrected chi connectivity index (χ1v) is 6.37. The van der Waals surface area contributed by atoms with Crippen LogP contribution in [0.2, 0.25) is 0 Å². The summed E-state index contributed by atoms with van der Waals surface area (Å²) < 4.78 is 0. The van der Waals surface area contributed by atoms with Crippen molar-refractivity contribution in [3.8, 4) is 0 Å². The molecule has 1 saturated carbocycles. The van der Waals surface area contributed by atoms with E-state index >= 15 is 0 Å². The van der Waals surface area contributed by atoms with Gasteiger partial charge in [-0.3, -0.25) is 4.79 Å². The van der Waals surface area contributed by atoms with E-state index in [1.54, 1.807) is 4.90 Å². The van der Waals surface area contributed by atoms with E-state index in [-0.39, 0.29) is 12.5 Å². The van der Waals surface area contributed by atoms with Gasteiger partial charge in [-0.2, -0.15) is 0 Å². The smallest absolute Gasteiger partial charge is 0.254 e. The average molecular weight is 248 g/mol. The van der Waals surface area contributed by atoms with Gasteiger partial charge in [0.25, 0.3) is 5.91 Å². The van der Waals surface area contributed by atoms with Crippen LogP contribution in [0.5, 0.6) is 0 Å². The van der Waals surface area contributed by atoms with Crippen LogP contribution in [0.25, 0.3) is 0 Å². The Balaban J connectivity index is 2.21. The quantitative estimate of drug-likeness (QED) is 0.832. The third kappa shape index (κ3) is 2.64. The Labute approximate surface area is 108 Å². The maximum absolute atomic E-state index is 12.4. The molecule has 98 valence electrons. The predicted molar refractivity (Wildman–Crippen MR) is 71.9 cm³/mol. The summed E-state index contributed by atoms with van der Waals surface area (Å²) in [6.07, 6.45) is 2.11. The molecule has 2 rings (SSSR count). The van der Waals surface area contributed by atoms with Crippen LogP contribution in [-0.4, -0.2) is 42.2 Å². The summed E-state index contributed by atoms with van der Waals surface area (Å²) in [6.45, 7) is 2.39. The molecule has 1 aromatic carbocycles. The van der Waals surface area contributed by atoms with Crippen molar-refractivity contribution < 1.29 is 9.90 Å². The molecule has 0 saturated heterocycles. The molecular weight excluding hydrogens is 228 g/mol. The highest BCUT2D eigenvalue weighted by Crippen LogP contribution is 2.28. The van der Waals surface area contributed by atoms with Crippen molar-refractivity contribution >= 4 is 11.6 Å². The van der Waals surface area contributed by atoms with E-state index in [1.807, 2.05) is 32.2 Å². The van der Waals surface area contributed by atoms with Gasteiger partial charge in [0, 0.05) is 30.9 Å². The maximum Gasteiger partial charge on any atom is 0.254 e. The van der Waals surface area contributed by atoms with E-state index in [0.717, 1.165) is 29.7 Å². The van der Waals surface area contributed by atoms with Gasteiger partial charge < -0.3 is 15.3 Å². The molecule has 1 aromatic rings. The third-order valence-electron chi connectivity index (χ3n) is 3.33. The highest BCUT2D eigenvalue weighted by Gasteiger charge is 2.32. The minimum atomic E-state index is 0.0237. The van der Waals surface area contributed by atoms with Gasteiger partial charge in [0.05, 0.1) is 6.61 Å². The molecule has 0 aromatic heterocycles. The fraction of sp³-hybridized carbons (Fsp3) is 0.500. The minimum absolute atomic E-state index is 0.0237. The fourth-order valence-electron chi connectivity index (χ4n) is 2.16. The summed E-state index contributed by atoms with van der Waals surface area (Å²) in [6, 6.07) is 6.06. The molecule has 0 radical (unpaired) electrons. The zero-order valence-electron chi connectivity index (χ0n) is 10.9. The zero-order chi connectivity index (χ0) is 13.1. The number of aryl methyl sites for hydroxylation is 1. The molecule has 0 heterocycles. The molecule has 4 heteroatoms. The molecule has 4 nitrogen and oxygen atoms in total. The lowest BCUT2D eigenvalue weighted by Gasteiger charge is -2.22. The van der Waals surface area contributed by atoms with Gasteiger partial charge in [0.2, 0.25) is 0 Å². The van der Waals surface area contributed by atoms with E-state index < -0.39 is 0 Å². The van der Waals surface area contributed by atoms with Gasteiger partial charge in [-0.25, -0.2) is 0 Å². The van der Waals surface area contributed by atoms with Crippen LogP contribution in [0.1, 0.15) is 28.8 Å². The number of aliphatic hydroxyl groups excluding tert-OH is 1. The summed E-state index contributed by atoms with van der Waals surface area (Å²) in [7, 11) is 1.86. The number of nitrogens with zero attached hydrogens (tertiary/aromatic N) is 1. The second-order valence-electron chi connectivity index (χ2n) is 4.73. The lowest BCUT2D eigenvalue weighted by atomic mass is 10.1. The molecule has 1 aliphatic carbocycles. The Morgan fingerprint density at radius 3 is 2.72 bits per heavy atom. The number of nitrogens with one attached hydrogen (secondary N) is 1. The molecule has 1 amide bonds. The summed E-state index contributed by atoms with van der Waals surface area (Å²) >= 11 is 0. The van der Waals surface area contributed by atoms with Crippen molar-refractivity contribution in [1.82, 2.24) is 4.90 Å². The first-order valence-electron chi connectivity index (χ1n) is 6.37. The molecule has 0 spiro atoms. The number of anilines is 1. The molecular formula is C14H20N2O2. The van der Waals surface area contributed by atoms with Gasteiger partial charge in [0.1, 0.15) is 0 Å². The van der Waals surface area contributed by atoms with Gasteiger partial charge >= 0.3 is 0 Å². The number of carbonyl (C=O) groups is 1. The Hall–Kier alpha value is -1.55. The standard InChI is InChI=1S/C14H20N2O2/c1-10-9-11(15-2)3-6-13(10)14(18)16(7-8-17)12-4-5-12/h3,6,9,12,15,17H,4-5,7-8H2,1-2H3. The number of benzene rings is 1. The molecule has 0 aliphatic heterocycles. The number of carbonyl (C=O) groups excluding carboxylic acids is 1. The first kappa shape index (κ1) is 12.9. The van der Waals surface area contributed by atoms with E-state index in [1.165, 1.54) is 0 Å². The number of rotatable bonds is 5. The SMILES string of the molecule is CNc1ccc(C(=O)N(CCO)C2CC2)c(C)c1. The van der Waals surface area contributed by atoms with Gasteiger partial charge in [-0.1, -0.05) is 0 Å².